The average Bonchev–Trinajstić information content (AvgIpc) is 3.01. The maximum absolute atomic E-state index is 13.5. The Morgan fingerprint density at radius 3 is 2.19 bits per heavy atom. The summed E-state index contributed by atoms with van der Waals surface area (Å²) in [5.41, 5.74) is 3.52. The zero-order chi connectivity index (χ0) is 23.3. The van der Waals surface area contributed by atoms with Gasteiger partial charge in [0.25, 0.3) is 5.91 Å². The minimum atomic E-state index is -0.671. The number of H-pyrrole nitrogens is 1. The average molecular weight is 427 g/mol. The van der Waals surface area contributed by atoms with Gasteiger partial charge < -0.3 is 14.6 Å². The van der Waals surface area contributed by atoms with Crippen LogP contribution in [0.15, 0.2) is 24.3 Å². The van der Waals surface area contributed by atoms with E-state index in [2.05, 4.69) is 18.8 Å². The number of esters is 1. The second-order valence-corrected chi connectivity index (χ2v) is 8.43. The molecule has 1 atom stereocenters. The monoisotopic (exact) mass is 426 g/mol. The van der Waals surface area contributed by atoms with E-state index in [-0.39, 0.29) is 24.0 Å². The van der Waals surface area contributed by atoms with Crippen LogP contribution in [0.4, 0.5) is 0 Å². The third kappa shape index (κ3) is 5.63. The third-order valence-electron chi connectivity index (χ3n) is 5.52. The Bertz CT molecular complexity index is 941. The molecule has 0 saturated carbocycles. The van der Waals surface area contributed by atoms with Crippen molar-refractivity contribution in [2.45, 2.75) is 60.9 Å². The van der Waals surface area contributed by atoms with Crippen LogP contribution in [0.1, 0.15) is 82.1 Å². The number of rotatable bonds is 9. The number of amides is 1. The first-order valence-corrected chi connectivity index (χ1v) is 10.9. The number of aryl methyl sites for hydroxylation is 2. The van der Waals surface area contributed by atoms with Crippen molar-refractivity contribution in [3.8, 4) is 0 Å². The number of ketones is 1. The van der Waals surface area contributed by atoms with Crippen molar-refractivity contribution < 1.29 is 19.1 Å². The minimum absolute atomic E-state index is 0.169. The highest BCUT2D eigenvalue weighted by Gasteiger charge is 2.31. The van der Waals surface area contributed by atoms with Gasteiger partial charge >= 0.3 is 5.97 Å². The van der Waals surface area contributed by atoms with E-state index >= 15 is 0 Å². The summed E-state index contributed by atoms with van der Waals surface area (Å²) in [4.78, 5) is 43.7. The highest BCUT2D eigenvalue weighted by Crippen LogP contribution is 2.23. The molecule has 0 aliphatic heterocycles. The number of carbonyl (C=O) groups is 3. The van der Waals surface area contributed by atoms with Crippen LogP contribution >= 0.6 is 0 Å². The Morgan fingerprint density at radius 2 is 1.65 bits per heavy atom. The van der Waals surface area contributed by atoms with Crippen molar-refractivity contribution in [1.29, 1.82) is 0 Å². The number of Topliss-reactive ketones (excluding diaryl/α,β-unsaturated/α-hetero) is 1. The molecule has 1 aromatic carbocycles. The van der Waals surface area contributed by atoms with Crippen molar-refractivity contribution in [2.24, 2.45) is 5.92 Å². The van der Waals surface area contributed by atoms with Gasteiger partial charge in [0.2, 0.25) is 0 Å². The van der Waals surface area contributed by atoms with Crippen LogP contribution in [0.2, 0.25) is 0 Å². The van der Waals surface area contributed by atoms with Crippen LogP contribution in [0.25, 0.3) is 0 Å². The smallest absolute Gasteiger partial charge is 0.355 e. The Balaban J connectivity index is 2.38. The molecule has 0 fully saturated rings. The van der Waals surface area contributed by atoms with E-state index in [4.69, 9.17) is 4.74 Å². The summed E-state index contributed by atoms with van der Waals surface area (Å²) in [6.07, 6.45) is 0.786. The molecule has 1 N–H and O–H groups in total. The minimum Gasteiger partial charge on any atom is -0.461 e. The zero-order valence-electron chi connectivity index (χ0n) is 19.7. The van der Waals surface area contributed by atoms with E-state index in [1.165, 1.54) is 0 Å². The normalized spacial score (nSPS) is 12.0. The quantitative estimate of drug-likeness (QED) is 0.458. The zero-order valence-corrected chi connectivity index (χ0v) is 19.7. The lowest BCUT2D eigenvalue weighted by atomic mass is 9.98. The van der Waals surface area contributed by atoms with Crippen molar-refractivity contribution in [2.75, 3.05) is 13.2 Å². The predicted molar refractivity (Wildman–Crippen MR) is 122 cm³/mol. The molecule has 0 bridgehead atoms. The van der Waals surface area contributed by atoms with Gasteiger partial charge in [-0.05, 0) is 64.7 Å². The molecular formula is C25H34N2O4. The van der Waals surface area contributed by atoms with Gasteiger partial charge in [-0.1, -0.05) is 31.5 Å². The van der Waals surface area contributed by atoms with Crippen molar-refractivity contribution in [3.63, 3.8) is 0 Å². The van der Waals surface area contributed by atoms with Crippen molar-refractivity contribution in [1.82, 2.24) is 9.88 Å². The summed E-state index contributed by atoms with van der Waals surface area (Å²) in [5.74, 6) is -0.451. The van der Waals surface area contributed by atoms with Crippen LogP contribution in [-0.2, 0) is 4.74 Å². The van der Waals surface area contributed by atoms with Gasteiger partial charge in [0.05, 0.1) is 12.6 Å². The Morgan fingerprint density at radius 1 is 1.03 bits per heavy atom. The van der Waals surface area contributed by atoms with E-state index in [1.807, 2.05) is 19.1 Å². The molecular weight excluding hydrogens is 392 g/mol. The fourth-order valence-electron chi connectivity index (χ4n) is 3.61. The van der Waals surface area contributed by atoms with E-state index in [9.17, 15) is 14.4 Å². The van der Waals surface area contributed by atoms with Crippen molar-refractivity contribution in [3.05, 3.63) is 57.9 Å². The number of nitrogens with one attached hydrogen (secondary N) is 1. The highest BCUT2D eigenvalue weighted by atomic mass is 16.5. The van der Waals surface area contributed by atoms with Crippen LogP contribution in [0, 0.1) is 26.7 Å². The third-order valence-corrected chi connectivity index (χ3v) is 5.52. The first-order chi connectivity index (χ1) is 14.6. The number of nitrogens with zero attached hydrogens (tertiary/aromatic N) is 1. The molecule has 0 aliphatic carbocycles. The topological polar surface area (TPSA) is 79.5 Å². The fourth-order valence-corrected chi connectivity index (χ4v) is 3.61. The van der Waals surface area contributed by atoms with Gasteiger partial charge in [0.1, 0.15) is 5.69 Å². The first-order valence-electron chi connectivity index (χ1n) is 10.9. The SMILES string of the molecule is CCOC(=O)c1[nH]c(C)c(C(=O)[C@@H](C)N(CCC(C)C)C(=O)c2ccc(C)cc2)c1C. The molecule has 0 spiro atoms. The van der Waals surface area contributed by atoms with Gasteiger partial charge in [0.15, 0.2) is 5.78 Å². The summed E-state index contributed by atoms with van der Waals surface area (Å²) in [7, 11) is 0. The second-order valence-electron chi connectivity index (χ2n) is 8.43. The summed E-state index contributed by atoms with van der Waals surface area (Å²) < 4.78 is 5.09. The molecule has 31 heavy (non-hydrogen) atoms. The van der Waals surface area contributed by atoms with Crippen molar-refractivity contribution >= 4 is 17.7 Å². The van der Waals surface area contributed by atoms with Gasteiger partial charge in [0, 0.05) is 23.4 Å². The maximum atomic E-state index is 13.5. The van der Waals surface area contributed by atoms with E-state index < -0.39 is 12.0 Å². The van der Waals surface area contributed by atoms with E-state index in [1.54, 1.807) is 44.7 Å². The second kappa shape index (κ2) is 10.4. The lowest BCUT2D eigenvalue weighted by molar-refractivity contribution is 0.0518. The summed E-state index contributed by atoms with van der Waals surface area (Å²) in [6.45, 7) is 13.9. The summed E-state index contributed by atoms with van der Waals surface area (Å²) in [6, 6.07) is 6.71. The van der Waals surface area contributed by atoms with Crippen LogP contribution < -0.4 is 0 Å². The molecule has 2 aromatic rings. The van der Waals surface area contributed by atoms with Crippen LogP contribution in [0.3, 0.4) is 0 Å². The number of aromatic amines is 1. The summed E-state index contributed by atoms with van der Waals surface area (Å²) >= 11 is 0. The first kappa shape index (κ1) is 24.4. The molecule has 2 rings (SSSR count). The Kier molecular flexibility index (Phi) is 8.20. The maximum Gasteiger partial charge on any atom is 0.355 e. The molecule has 1 heterocycles. The molecule has 6 heteroatoms. The highest BCUT2D eigenvalue weighted by molar-refractivity contribution is 6.07. The van der Waals surface area contributed by atoms with E-state index in [0.29, 0.717) is 34.8 Å². The van der Waals surface area contributed by atoms with Crippen LogP contribution in [0.5, 0.6) is 0 Å². The largest absolute Gasteiger partial charge is 0.461 e. The Labute approximate surface area is 185 Å². The summed E-state index contributed by atoms with van der Waals surface area (Å²) in [5, 5.41) is 0. The fraction of sp³-hybridized carbons (Fsp3) is 0.480. The van der Waals surface area contributed by atoms with E-state index in [0.717, 1.165) is 12.0 Å². The molecule has 0 saturated heterocycles. The van der Waals surface area contributed by atoms with Gasteiger partial charge in [-0.2, -0.15) is 0 Å². The molecule has 1 aromatic heterocycles. The van der Waals surface area contributed by atoms with Gasteiger partial charge in [-0.3, -0.25) is 9.59 Å². The van der Waals surface area contributed by atoms with Gasteiger partial charge in [-0.25, -0.2) is 4.79 Å². The number of hydrogen-bond acceptors (Lipinski definition) is 4. The number of aromatic nitrogens is 1. The lowest BCUT2D eigenvalue weighted by Crippen LogP contribution is -2.44. The van der Waals surface area contributed by atoms with Crippen LogP contribution in [-0.4, -0.2) is 46.7 Å². The predicted octanol–water partition coefficient (Wildman–Crippen LogP) is 4.88. The number of benzene rings is 1. The molecule has 0 radical (unpaired) electrons. The number of hydrogen-bond donors (Lipinski definition) is 1. The molecule has 0 unspecified atom stereocenters. The molecule has 6 nitrogen and oxygen atoms in total. The number of carbonyl (C=O) groups excluding carboxylic acids is 3. The molecule has 0 aliphatic rings. The lowest BCUT2D eigenvalue weighted by Gasteiger charge is -2.29. The molecule has 1 amide bonds. The molecule has 168 valence electrons. The number of ether oxygens (including phenoxy) is 1. The standard InChI is InChI=1S/C25H34N2O4/c1-8-31-25(30)22-17(5)21(18(6)26-22)23(28)19(7)27(14-13-15(2)3)24(29)20-11-9-16(4)10-12-20/h9-12,15,19,26H,8,13-14H2,1-7H3/t19-/m1/s1. The Hall–Kier alpha value is -2.89. The van der Waals surface area contributed by atoms with Gasteiger partial charge in [-0.15, -0.1) is 0 Å².